The fourth-order valence-electron chi connectivity index (χ4n) is 2.53. The van der Waals surface area contributed by atoms with Crippen LogP contribution >= 0.6 is 11.8 Å². The Morgan fingerprint density at radius 2 is 1.90 bits per heavy atom. The van der Waals surface area contributed by atoms with Gasteiger partial charge in [-0.2, -0.15) is 0 Å². The van der Waals surface area contributed by atoms with E-state index in [4.69, 9.17) is 4.74 Å². The van der Waals surface area contributed by atoms with Crippen LogP contribution in [0.4, 0.5) is 14.5 Å². The van der Waals surface area contributed by atoms with Crippen molar-refractivity contribution in [2.45, 2.75) is 23.9 Å². The average molecular weight is 419 g/mol. The van der Waals surface area contributed by atoms with Gasteiger partial charge >= 0.3 is 0 Å². The van der Waals surface area contributed by atoms with Crippen molar-refractivity contribution in [1.82, 2.24) is 19.7 Å². The van der Waals surface area contributed by atoms with Gasteiger partial charge in [-0.1, -0.05) is 17.8 Å². The fourth-order valence-corrected chi connectivity index (χ4v) is 3.40. The predicted molar refractivity (Wildman–Crippen MR) is 105 cm³/mol. The Kier molecular flexibility index (Phi) is 6.89. The molecule has 3 aromatic rings. The summed E-state index contributed by atoms with van der Waals surface area (Å²) in [6.45, 7) is 2.52. The number of benzene rings is 1. The lowest BCUT2D eigenvalue weighted by molar-refractivity contribution is -0.115. The number of carbonyl (C=O) groups excluding carboxylic acids is 1. The third kappa shape index (κ3) is 4.96. The highest BCUT2D eigenvalue weighted by molar-refractivity contribution is 8.00. The number of halogens is 2. The molecule has 1 N–H and O–H groups in total. The van der Waals surface area contributed by atoms with Crippen LogP contribution < -0.4 is 5.32 Å². The van der Waals surface area contributed by atoms with Crippen LogP contribution in [0.3, 0.4) is 0 Å². The van der Waals surface area contributed by atoms with Gasteiger partial charge in [-0.15, -0.1) is 10.2 Å². The maximum absolute atomic E-state index is 13.8. The second-order valence-corrected chi connectivity index (χ2v) is 7.34. The lowest BCUT2D eigenvalue weighted by Gasteiger charge is -2.14. The van der Waals surface area contributed by atoms with Crippen molar-refractivity contribution >= 4 is 23.4 Å². The molecule has 0 spiro atoms. The monoisotopic (exact) mass is 419 g/mol. The van der Waals surface area contributed by atoms with E-state index in [-0.39, 0.29) is 0 Å². The van der Waals surface area contributed by atoms with Crippen molar-refractivity contribution in [3.63, 3.8) is 0 Å². The van der Waals surface area contributed by atoms with Crippen LogP contribution in [-0.4, -0.2) is 44.6 Å². The molecule has 3 rings (SSSR count). The van der Waals surface area contributed by atoms with Gasteiger partial charge in [0.15, 0.2) is 11.0 Å². The first-order valence-electron chi connectivity index (χ1n) is 8.75. The summed E-state index contributed by atoms with van der Waals surface area (Å²) in [5.74, 6) is -1.61. The summed E-state index contributed by atoms with van der Waals surface area (Å²) in [5.41, 5.74) is 0.351. The molecule has 0 saturated carbocycles. The van der Waals surface area contributed by atoms with Crippen LogP contribution in [0.5, 0.6) is 0 Å². The summed E-state index contributed by atoms with van der Waals surface area (Å²) in [6, 6.07) is 7.01. The molecule has 29 heavy (non-hydrogen) atoms. The first kappa shape index (κ1) is 20.9. The largest absolute Gasteiger partial charge is 0.383 e. The standard InChI is InChI=1S/C19H19F2N5O2S/c1-12(18(27)23-16-14(20)4-3-5-15(16)21)29-19-25-24-17(26(19)10-11-28-2)13-6-8-22-9-7-13/h3-9,12H,10-11H2,1-2H3,(H,23,27). The lowest BCUT2D eigenvalue weighted by atomic mass is 10.2. The third-order valence-electron chi connectivity index (χ3n) is 4.04. The molecule has 0 radical (unpaired) electrons. The van der Waals surface area contributed by atoms with E-state index in [2.05, 4.69) is 20.5 Å². The number of pyridine rings is 1. The highest BCUT2D eigenvalue weighted by atomic mass is 32.2. The predicted octanol–water partition coefficient (Wildman–Crippen LogP) is 3.38. The van der Waals surface area contributed by atoms with Crippen LogP contribution in [0.15, 0.2) is 47.9 Å². The van der Waals surface area contributed by atoms with Crippen LogP contribution in [0.1, 0.15) is 6.92 Å². The Morgan fingerprint density at radius 3 is 2.55 bits per heavy atom. The number of para-hydroxylation sites is 1. The number of hydrogen-bond donors (Lipinski definition) is 1. The maximum Gasteiger partial charge on any atom is 0.237 e. The van der Waals surface area contributed by atoms with Gasteiger partial charge in [0, 0.05) is 25.1 Å². The van der Waals surface area contributed by atoms with Crippen LogP contribution in [-0.2, 0) is 16.1 Å². The smallest absolute Gasteiger partial charge is 0.237 e. The zero-order valence-electron chi connectivity index (χ0n) is 15.8. The van der Waals surface area contributed by atoms with Crippen LogP contribution in [0.2, 0.25) is 0 Å². The topological polar surface area (TPSA) is 81.9 Å². The highest BCUT2D eigenvalue weighted by Crippen LogP contribution is 2.28. The second kappa shape index (κ2) is 9.57. The van der Waals surface area contributed by atoms with Gasteiger partial charge in [0.05, 0.1) is 18.4 Å². The molecule has 2 aromatic heterocycles. The van der Waals surface area contributed by atoms with Crippen LogP contribution in [0.25, 0.3) is 11.4 Å². The van der Waals surface area contributed by atoms with Gasteiger partial charge < -0.3 is 10.1 Å². The normalized spacial score (nSPS) is 12.0. The molecule has 0 aliphatic rings. The van der Waals surface area contributed by atoms with Crippen LogP contribution in [0, 0.1) is 11.6 Å². The van der Waals surface area contributed by atoms with Crippen molar-refractivity contribution in [3.05, 3.63) is 54.4 Å². The summed E-state index contributed by atoms with van der Waals surface area (Å²) < 4.78 is 34.6. The van der Waals surface area contributed by atoms with E-state index in [0.29, 0.717) is 24.1 Å². The number of amides is 1. The number of ether oxygens (including phenoxy) is 1. The Labute approximate surface area is 170 Å². The van der Waals surface area contributed by atoms with E-state index in [1.807, 2.05) is 4.57 Å². The molecule has 0 aliphatic heterocycles. The molecule has 0 bridgehead atoms. The first-order chi connectivity index (χ1) is 14.0. The van der Waals surface area contributed by atoms with Crippen molar-refractivity contribution in [2.75, 3.05) is 19.0 Å². The van der Waals surface area contributed by atoms with Crippen molar-refractivity contribution in [1.29, 1.82) is 0 Å². The number of anilines is 1. The van der Waals surface area contributed by atoms with Gasteiger partial charge in [0.2, 0.25) is 5.91 Å². The Morgan fingerprint density at radius 1 is 1.21 bits per heavy atom. The summed E-state index contributed by atoms with van der Waals surface area (Å²) in [6.07, 6.45) is 3.30. The number of methoxy groups -OCH3 is 1. The molecule has 152 valence electrons. The molecular weight excluding hydrogens is 400 g/mol. The Balaban J connectivity index is 1.79. The van der Waals surface area contributed by atoms with Gasteiger partial charge in [-0.05, 0) is 31.2 Å². The quantitative estimate of drug-likeness (QED) is 0.564. The molecule has 1 amide bonds. The van der Waals surface area contributed by atoms with Gasteiger partial charge in [0.25, 0.3) is 0 Å². The maximum atomic E-state index is 13.8. The van der Waals surface area contributed by atoms with E-state index in [0.717, 1.165) is 29.5 Å². The van der Waals surface area contributed by atoms with E-state index in [1.165, 1.54) is 6.07 Å². The van der Waals surface area contributed by atoms with E-state index < -0.39 is 28.5 Å². The highest BCUT2D eigenvalue weighted by Gasteiger charge is 2.22. The molecule has 1 atom stereocenters. The number of rotatable bonds is 8. The van der Waals surface area contributed by atoms with E-state index in [9.17, 15) is 13.6 Å². The molecule has 7 nitrogen and oxygen atoms in total. The molecule has 2 heterocycles. The van der Waals surface area contributed by atoms with Crippen molar-refractivity contribution in [3.8, 4) is 11.4 Å². The molecule has 1 unspecified atom stereocenters. The second-order valence-electron chi connectivity index (χ2n) is 6.03. The van der Waals surface area contributed by atoms with Crippen molar-refractivity contribution < 1.29 is 18.3 Å². The average Bonchev–Trinajstić information content (AvgIpc) is 3.12. The molecule has 0 fully saturated rings. The fraction of sp³-hybridized carbons (Fsp3) is 0.263. The number of carbonyl (C=O) groups is 1. The number of nitrogens with one attached hydrogen (secondary N) is 1. The number of nitrogens with zero attached hydrogens (tertiary/aromatic N) is 4. The van der Waals surface area contributed by atoms with Gasteiger partial charge in [-0.3, -0.25) is 14.3 Å². The minimum Gasteiger partial charge on any atom is -0.383 e. The molecule has 1 aromatic carbocycles. The molecule has 0 aliphatic carbocycles. The van der Waals surface area contributed by atoms with Gasteiger partial charge in [-0.25, -0.2) is 8.78 Å². The molecular formula is C19H19F2N5O2S. The third-order valence-corrected chi connectivity index (χ3v) is 5.12. The zero-order valence-corrected chi connectivity index (χ0v) is 16.6. The Bertz CT molecular complexity index is 964. The summed E-state index contributed by atoms with van der Waals surface area (Å²) in [5, 5.41) is 10.5. The number of hydrogen-bond acceptors (Lipinski definition) is 6. The van der Waals surface area contributed by atoms with E-state index >= 15 is 0 Å². The molecule has 10 heteroatoms. The summed E-state index contributed by atoms with van der Waals surface area (Å²) in [4.78, 5) is 16.5. The Hall–Kier alpha value is -2.85. The van der Waals surface area contributed by atoms with Crippen molar-refractivity contribution in [2.24, 2.45) is 0 Å². The SMILES string of the molecule is COCCn1c(SC(C)C(=O)Nc2c(F)cccc2F)nnc1-c1ccncc1. The minimum atomic E-state index is -0.834. The zero-order chi connectivity index (χ0) is 20.8. The number of thioether (sulfide) groups is 1. The van der Waals surface area contributed by atoms with E-state index in [1.54, 1.807) is 38.6 Å². The summed E-state index contributed by atoms with van der Waals surface area (Å²) >= 11 is 1.14. The van der Waals surface area contributed by atoms with Gasteiger partial charge in [0.1, 0.15) is 17.3 Å². The first-order valence-corrected chi connectivity index (χ1v) is 9.63. The molecule has 0 saturated heterocycles. The number of aromatic nitrogens is 4. The minimum absolute atomic E-state index is 0.421. The lowest BCUT2D eigenvalue weighted by Crippen LogP contribution is -2.24. The summed E-state index contributed by atoms with van der Waals surface area (Å²) in [7, 11) is 1.59.